The van der Waals surface area contributed by atoms with Crippen LogP contribution in [0.5, 0.6) is 11.6 Å². The smallest absolute Gasteiger partial charge is 0.223 e. The topological polar surface area (TPSA) is 61.0 Å². The van der Waals surface area contributed by atoms with Crippen LogP contribution in [-0.2, 0) is 0 Å². The van der Waals surface area contributed by atoms with E-state index in [1.54, 1.807) is 24.3 Å². The number of anilines is 1. The minimum absolute atomic E-state index is 0.337. The molecule has 0 saturated carbocycles. The molecule has 76 valence electrons. The van der Waals surface area contributed by atoms with Gasteiger partial charge in [-0.3, -0.25) is 0 Å². The molecule has 0 saturated heterocycles. The van der Waals surface area contributed by atoms with Crippen LogP contribution in [-0.4, -0.2) is 9.97 Å². The highest BCUT2D eigenvalue weighted by Crippen LogP contribution is 2.22. The maximum Gasteiger partial charge on any atom is 0.223 e. The van der Waals surface area contributed by atoms with Gasteiger partial charge in [-0.1, -0.05) is 17.7 Å². The summed E-state index contributed by atoms with van der Waals surface area (Å²) in [6.45, 7) is 0. The lowest BCUT2D eigenvalue weighted by Gasteiger charge is -2.04. The first kappa shape index (κ1) is 9.73. The van der Waals surface area contributed by atoms with Crippen LogP contribution >= 0.6 is 11.6 Å². The third-order valence-electron chi connectivity index (χ3n) is 1.69. The number of nitrogen functional groups attached to an aromatic ring is 1. The van der Waals surface area contributed by atoms with Crippen molar-refractivity contribution in [3.63, 3.8) is 0 Å². The van der Waals surface area contributed by atoms with Crippen LogP contribution in [0.2, 0.25) is 5.15 Å². The fourth-order valence-electron chi connectivity index (χ4n) is 1.07. The van der Waals surface area contributed by atoms with Gasteiger partial charge in [0.15, 0.2) is 0 Å². The van der Waals surface area contributed by atoms with Crippen molar-refractivity contribution in [1.82, 2.24) is 9.97 Å². The van der Waals surface area contributed by atoms with Crippen molar-refractivity contribution in [3.8, 4) is 11.6 Å². The van der Waals surface area contributed by atoms with Crippen molar-refractivity contribution in [3.05, 3.63) is 41.8 Å². The summed E-state index contributed by atoms with van der Waals surface area (Å²) in [6, 6.07) is 8.60. The molecule has 0 aliphatic carbocycles. The van der Waals surface area contributed by atoms with Gasteiger partial charge in [0, 0.05) is 17.8 Å². The lowest BCUT2D eigenvalue weighted by Crippen LogP contribution is -1.90. The SMILES string of the molecule is Nc1cccc(Oc2cc(Cl)ncn2)c1. The lowest BCUT2D eigenvalue weighted by atomic mass is 10.3. The number of ether oxygens (including phenoxy) is 1. The Labute approximate surface area is 91.7 Å². The van der Waals surface area contributed by atoms with E-state index in [9.17, 15) is 0 Å². The van der Waals surface area contributed by atoms with Gasteiger partial charge in [0.05, 0.1) is 0 Å². The molecule has 0 radical (unpaired) electrons. The van der Waals surface area contributed by atoms with Crippen molar-refractivity contribution < 1.29 is 4.74 Å². The van der Waals surface area contributed by atoms with Crippen LogP contribution in [0.3, 0.4) is 0 Å². The Morgan fingerprint density at radius 2 is 2.07 bits per heavy atom. The zero-order valence-electron chi connectivity index (χ0n) is 7.72. The molecular formula is C10H8ClN3O. The Hall–Kier alpha value is -1.81. The largest absolute Gasteiger partial charge is 0.439 e. The average Bonchev–Trinajstić information content (AvgIpc) is 2.17. The van der Waals surface area contributed by atoms with Gasteiger partial charge in [-0.2, -0.15) is 0 Å². The van der Waals surface area contributed by atoms with Crippen LogP contribution < -0.4 is 10.5 Å². The number of nitrogens with two attached hydrogens (primary N) is 1. The van der Waals surface area contributed by atoms with E-state index in [2.05, 4.69) is 9.97 Å². The van der Waals surface area contributed by atoms with E-state index in [0.717, 1.165) is 0 Å². The fourth-order valence-corrected chi connectivity index (χ4v) is 1.21. The number of hydrogen-bond donors (Lipinski definition) is 1. The first-order valence-corrected chi connectivity index (χ1v) is 4.63. The number of benzene rings is 1. The molecule has 1 heterocycles. The van der Waals surface area contributed by atoms with E-state index in [1.165, 1.54) is 12.4 Å². The lowest BCUT2D eigenvalue weighted by molar-refractivity contribution is 0.462. The zero-order valence-corrected chi connectivity index (χ0v) is 8.48. The van der Waals surface area contributed by atoms with E-state index >= 15 is 0 Å². The quantitative estimate of drug-likeness (QED) is 0.625. The molecule has 1 aromatic carbocycles. The number of halogens is 1. The molecule has 0 aliphatic rings. The van der Waals surface area contributed by atoms with Gasteiger partial charge in [0.25, 0.3) is 0 Å². The average molecular weight is 222 g/mol. The Balaban J connectivity index is 2.22. The van der Waals surface area contributed by atoms with Crippen LogP contribution in [0, 0.1) is 0 Å². The predicted octanol–water partition coefficient (Wildman–Crippen LogP) is 2.50. The molecule has 0 spiro atoms. The summed E-state index contributed by atoms with van der Waals surface area (Å²) in [5.41, 5.74) is 6.24. The number of hydrogen-bond acceptors (Lipinski definition) is 4. The van der Waals surface area contributed by atoms with Crippen LogP contribution in [0.15, 0.2) is 36.7 Å². The molecular weight excluding hydrogens is 214 g/mol. The van der Waals surface area contributed by atoms with E-state index in [-0.39, 0.29) is 0 Å². The fraction of sp³-hybridized carbons (Fsp3) is 0. The summed E-state index contributed by atoms with van der Waals surface area (Å²) >= 11 is 5.69. The Morgan fingerprint density at radius 1 is 1.20 bits per heavy atom. The summed E-state index contributed by atoms with van der Waals surface area (Å²) in [5, 5.41) is 0.337. The standard InChI is InChI=1S/C10H8ClN3O/c11-9-5-10(14-6-13-9)15-8-3-1-2-7(12)4-8/h1-6H,12H2. The minimum atomic E-state index is 0.337. The highest BCUT2D eigenvalue weighted by atomic mass is 35.5. The van der Waals surface area contributed by atoms with Crippen molar-refractivity contribution >= 4 is 17.3 Å². The van der Waals surface area contributed by atoms with Gasteiger partial charge in [-0.05, 0) is 12.1 Å². The molecule has 0 fully saturated rings. The van der Waals surface area contributed by atoms with Gasteiger partial charge < -0.3 is 10.5 Å². The van der Waals surface area contributed by atoms with Crippen molar-refractivity contribution in [2.45, 2.75) is 0 Å². The van der Waals surface area contributed by atoms with Crippen LogP contribution in [0.4, 0.5) is 5.69 Å². The summed E-state index contributed by atoms with van der Waals surface area (Å²) < 4.78 is 5.42. The monoisotopic (exact) mass is 221 g/mol. The Kier molecular flexibility index (Phi) is 2.69. The van der Waals surface area contributed by atoms with Crippen LogP contribution in [0.1, 0.15) is 0 Å². The minimum Gasteiger partial charge on any atom is -0.439 e. The second kappa shape index (κ2) is 4.14. The summed E-state index contributed by atoms with van der Waals surface area (Å²) in [6.07, 6.45) is 1.34. The zero-order chi connectivity index (χ0) is 10.7. The maximum atomic E-state index is 5.69. The summed E-state index contributed by atoms with van der Waals surface area (Å²) in [7, 11) is 0. The van der Waals surface area contributed by atoms with Gasteiger partial charge >= 0.3 is 0 Å². The Bertz CT molecular complexity index is 432. The third-order valence-corrected chi connectivity index (χ3v) is 1.90. The van der Waals surface area contributed by atoms with Crippen molar-refractivity contribution in [2.75, 3.05) is 5.73 Å². The Morgan fingerprint density at radius 3 is 2.80 bits per heavy atom. The molecule has 15 heavy (non-hydrogen) atoms. The molecule has 2 N–H and O–H groups in total. The van der Waals surface area contributed by atoms with Gasteiger partial charge in [-0.25, -0.2) is 9.97 Å². The number of rotatable bonds is 2. The molecule has 0 atom stereocenters. The molecule has 5 heteroatoms. The third kappa shape index (κ3) is 2.57. The second-order valence-corrected chi connectivity index (χ2v) is 3.24. The first-order valence-electron chi connectivity index (χ1n) is 4.25. The van der Waals surface area contributed by atoms with Crippen LogP contribution in [0.25, 0.3) is 0 Å². The molecule has 0 unspecified atom stereocenters. The number of aromatic nitrogens is 2. The molecule has 0 aliphatic heterocycles. The predicted molar refractivity (Wildman–Crippen MR) is 58.0 cm³/mol. The van der Waals surface area contributed by atoms with Gasteiger partial charge in [0.1, 0.15) is 17.2 Å². The molecule has 2 rings (SSSR count). The van der Waals surface area contributed by atoms with E-state index < -0.39 is 0 Å². The molecule has 0 bridgehead atoms. The molecule has 4 nitrogen and oxygen atoms in total. The first-order chi connectivity index (χ1) is 7.24. The van der Waals surface area contributed by atoms with Gasteiger partial charge in [0.2, 0.25) is 5.88 Å². The normalized spacial score (nSPS) is 9.93. The molecule has 2 aromatic rings. The van der Waals surface area contributed by atoms with Gasteiger partial charge in [-0.15, -0.1) is 0 Å². The summed E-state index contributed by atoms with van der Waals surface area (Å²) in [4.78, 5) is 7.65. The van der Waals surface area contributed by atoms with E-state index in [4.69, 9.17) is 22.1 Å². The molecule has 1 aromatic heterocycles. The number of nitrogens with zero attached hydrogens (tertiary/aromatic N) is 2. The van der Waals surface area contributed by atoms with Crippen molar-refractivity contribution in [1.29, 1.82) is 0 Å². The van der Waals surface area contributed by atoms with E-state index in [0.29, 0.717) is 22.5 Å². The van der Waals surface area contributed by atoms with E-state index in [1.807, 2.05) is 0 Å². The van der Waals surface area contributed by atoms with Crippen molar-refractivity contribution in [2.24, 2.45) is 0 Å². The second-order valence-electron chi connectivity index (χ2n) is 2.85. The molecule has 0 amide bonds. The summed E-state index contributed by atoms with van der Waals surface area (Å²) in [5.74, 6) is 1.00. The highest BCUT2D eigenvalue weighted by Gasteiger charge is 1.99. The maximum absolute atomic E-state index is 5.69. The highest BCUT2D eigenvalue weighted by molar-refractivity contribution is 6.29.